The fourth-order valence-corrected chi connectivity index (χ4v) is 7.92. The van der Waals surface area contributed by atoms with Crippen LogP contribution in [0.3, 0.4) is 0 Å². The second kappa shape index (κ2) is 31.6. The first-order valence-corrected chi connectivity index (χ1v) is 25.1. The van der Waals surface area contributed by atoms with E-state index in [4.69, 9.17) is 11.5 Å². The Kier molecular flexibility index (Phi) is 26.9. The fraction of sp³-hybridized carbons (Fsp3) is 0.653. The first-order chi connectivity index (χ1) is 34.4. The molecule has 1 fully saturated rings. The SMILES string of the molecule is CCC[C@H](NC(=O)[C@@H](NC(=O)[C@@H](CC(C)C)NC(=O)[C@@H](NC(=O)CNC(=O)CN(C)C(C)=O)C(C)C)[C@@H](C)O)C(=O)N[C@@H](Cc1ccccc1)C(=O)N[C@@H](CCCN=C(N)N)C(=O)N1CCC[C@H]1C(=O)NCC. The molecule has 0 spiro atoms. The molecule has 24 heteroatoms. The molecule has 8 atom stereocenters. The molecule has 0 bridgehead atoms. The number of likely N-dealkylation sites (N-methyl/N-ethyl adjacent to an activating group) is 2. The summed E-state index contributed by atoms with van der Waals surface area (Å²) in [6.45, 7) is 13.0. The molecule has 1 heterocycles. The minimum atomic E-state index is -1.64. The summed E-state index contributed by atoms with van der Waals surface area (Å²) in [6.07, 6.45) is 0.344. The van der Waals surface area contributed by atoms with Gasteiger partial charge in [0, 0.05) is 40.0 Å². The fourth-order valence-electron chi connectivity index (χ4n) is 7.92. The number of guanidine groups is 1. The van der Waals surface area contributed by atoms with E-state index in [-0.39, 0.29) is 75.4 Å². The summed E-state index contributed by atoms with van der Waals surface area (Å²) >= 11 is 0. The molecule has 0 aliphatic carbocycles. The quantitative estimate of drug-likeness (QED) is 0.0222. The summed E-state index contributed by atoms with van der Waals surface area (Å²) in [5.74, 6) is -7.30. The highest BCUT2D eigenvalue weighted by molar-refractivity contribution is 5.98. The molecule has 0 saturated carbocycles. The summed E-state index contributed by atoms with van der Waals surface area (Å²) in [5, 5.41) is 31.9. The van der Waals surface area contributed by atoms with E-state index in [9.17, 15) is 53.1 Å². The first-order valence-electron chi connectivity index (χ1n) is 25.1. The van der Waals surface area contributed by atoms with E-state index in [1.54, 1.807) is 71.9 Å². The zero-order chi connectivity index (χ0) is 54.9. The largest absolute Gasteiger partial charge is 0.391 e. The number of nitrogens with zero attached hydrogens (tertiary/aromatic N) is 3. The number of likely N-dealkylation sites (tertiary alicyclic amines) is 1. The number of carbonyl (C=O) groups is 10. The Morgan fingerprint density at radius 2 is 1.33 bits per heavy atom. The lowest BCUT2D eigenvalue weighted by Crippen LogP contribution is -2.62. The lowest BCUT2D eigenvalue weighted by atomic mass is 9.99. The van der Waals surface area contributed by atoms with Gasteiger partial charge >= 0.3 is 0 Å². The van der Waals surface area contributed by atoms with Crippen molar-refractivity contribution in [1.82, 2.24) is 52.3 Å². The van der Waals surface area contributed by atoms with Gasteiger partial charge in [0.05, 0.1) is 19.2 Å². The Balaban J connectivity index is 2.35. The Morgan fingerprint density at radius 3 is 1.90 bits per heavy atom. The number of hydrogen-bond donors (Lipinski definition) is 11. The van der Waals surface area contributed by atoms with Crippen molar-refractivity contribution in [2.24, 2.45) is 28.3 Å². The Labute approximate surface area is 428 Å². The molecule has 0 unspecified atom stereocenters. The highest BCUT2D eigenvalue weighted by Gasteiger charge is 2.39. The van der Waals surface area contributed by atoms with Gasteiger partial charge in [0.2, 0.25) is 59.1 Å². The summed E-state index contributed by atoms with van der Waals surface area (Å²) in [4.78, 5) is 140. The zero-order valence-corrected chi connectivity index (χ0v) is 43.9. The molecular weight excluding hydrogens is 947 g/mol. The number of hydrogen-bond acceptors (Lipinski definition) is 12. The summed E-state index contributed by atoms with van der Waals surface area (Å²) in [5.41, 5.74) is 11.7. The number of nitrogens with two attached hydrogens (primary N) is 2. The van der Waals surface area contributed by atoms with Crippen molar-refractivity contribution in [2.45, 2.75) is 155 Å². The molecule has 1 aliphatic heterocycles. The van der Waals surface area contributed by atoms with Crippen LogP contribution in [-0.2, 0) is 54.4 Å². The maximum atomic E-state index is 14.4. The van der Waals surface area contributed by atoms with Crippen LogP contribution in [0.25, 0.3) is 0 Å². The standard InChI is InChI=1S/C49H81N13O11/c1-10-17-33(55-47(72)41(30(7)63)60-44(69)35(24-28(3)4)58-46(71)40(29(5)6)59-38(65)26-54-39(66)27-61(9)31(8)64)42(67)57-36(25-32-18-13-12-14-19-32)43(68)56-34(20-15-22-53-49(50)51)48(73)62-23-16-21-37(62)45(70)52-11-2/h12-14,18-19,28-30,33-37,40-41,63H,10-11,15-17,20-27H2,1-9H3,(H,52,70)(H,54,66)(H,55,72)(H,56,68)(H,57,67)(H,58,71)(H,59,65)(H,60,69)(H4,50,51,53)/t30-,33+,34+,35-,36+,37+,40+,41+/m1/s1. The summed E-state index contributed by atoms with van der Waals surface area (Å²) < 4.78 is 0. The average Bonchev–Trinajstić information content (AvgIpc) is 3.82. The number of amides is 10. The molecule has 10 amide bonds. The van der Waals surface area contributed by atoms with Crippen LogP contribution in [0, 0.1) is 11.8 Å². The van der Waals surface area contributed by atoms with E-state index in [1.807, 2.05) is 0 Å². The number of aliphatic hydroxyl groups excluding tert-OH is 1. The molecule has 408 valence electrons. The van der Waals surface area contributed by atoms with Gasteiger partial charge in [0.1, 0.15) is 42.3 Å². The number of benzene rings is 1. The second-order valence-corrected chi connectivity index (χ2v) is 19.1. The first kappa shape index (κ1) is 62.3. The maximum Gasteiger partial charge on any atom is 0.245 e. The minimum Gasteiger partial charge on any atom is -0.391 e. The van der Waals surface area contributed by atoms with Gasteiger partial charge in [-0.05, 0) is 69.8 Å². The van der Waals surface area contributed by atoms with E-state index in [0.717, 1.165) is 4.90 Å². The van der Waals surface area contributed by atoms with E-state index in [1.165, 1.54) is 25.8 Å². The monoisotopic (exact) mass is 1030 g/mol. The van der Waals surface area contributed by atoms with Crippen LogP contribution >= 0.6 is 0 Å². The van der Waals surface area contributed by atoms with Crippen molar-refractivity contribution < 1.29 is 53.1 Å². The third kappa shape index (κ3) is 21.8. The van der Waals surface area contributed by atoms with Crippen molar-refractivity contribution in [1.29, 1.82) is 0 Å². The van der Waals surface area contributed by atoms with Gasteiger partial charge in [-0.25, -0.2) is 0 Å². The molecule has 24 nitrogen and oxygen atoms in total. The van der Waals surface area contributed by atoms with Gasteiger partial charge in [-0.3, -0.25) is 52.9 Å². The van der Waals surface area contributed by atoms with Gasteiger partial charge in [-0.1, -0.05) is 71.4 Å². The average molecular weight is 1030 g/mol. The van der Waals surface area contributed by atoms with Crippen molar-refractivity contribution in [3.05, 3.63) is 35.9 Å². The predicted octanol–water partition coefficient (Wildman–Crippen LogP) is -2.20. The topological polar surface area (TPSA) is 358 Å². The molecule has 0 radical (unpaired) electrons. The number of rotatable bonds is 30. The number of aliphatic hydroxyl groups is 1. The molecule has 2 rings (SSSR count). The Hall–Kier alpha value is -6.85. The molecule has 1 aromatic rings. The normalized spacial score (nSPS) is 16.0. The van der Waals surface area contributed by atoms with Crippen LogP contribution in [0.4, 0.5) is 0 Å². The van der Waals surface area contributed by atoms with Crippen LogP contribution in [-0.4, -0.2) is 168 Å². The Morgan fingerprint density at radius 1 is 0.740 bits per heavy atom. The number of aliphatic imine (C=N–C) groups is 1. The molecule has 1 aliphatic rings. The van der Waals surface area contributed by atoms with Crippen LogP contribution in [0.5, 0.6) is 0 Å². The molecule has 1 saturated heterocycles. The highest BCUT2D eigenvalue weighted by Crippen LogP contribution is 2.20. The molecule has 13 N–H and O–H groups in total. The highest BCUT2D eigenvalue weighted by atomic mass is 16.3. The molecule has 0 aromatic heterocycles. The molecular formula is C49H81N13O11. The lowest BCUT2D eigenvalue weighted by Gasteiger charge is -2.30. The third-order valence-electron chi connectivity index (χ3n) is 11.9. The van der Waals surface area contributed by atoms with E-state index in [2.05, 4.69) is 47.5 Å². The van der Waals surface area contributed by atoms with Gasteiger partial charge in [-0.15, -0.1) is 0 Å². The molecule has 1 aromatic carbocycles. The van der Waals surface area contributed by atoms with Crippen molar-refractivity contribution in [2.75, 3.05) is 39.8 Å². The lowest BCUT2D eigenvalue weighted by molar-refractivity contribution is -0.142. The Bertz CT molecular complexity index is 2070. The second-order valence-electron chi connectivity index (χ2n) is 19.1. The van der Waals surface area contributed by atoms with Gasteiger partial charge in [0.15, 0.2) is 5.96 Å². The summed E-state index contributed by atoms with van der Waals surface area (Å²) in [6, 6.07) is 0.268. The van der Waals surface area contributed by atoms with Gasteiger partial charge in [-0.2, -0.15) is 0 Å². The van der Waals surface area contributed by atoms with Crippen LogP contribution < -0.4 is 54.0 Å². The van der Waals surface area contributed by atoms with E-state index >= 15 is 0 Å². The zero-order valence-electron chi connectivity index (χ0n) is 43.9. The van der Waals surface area contributed by atoms with Gasteiger partial charge in [0.25, 0.3) is 0 Å². The minimum absolute atomic E-state index is 0.0291. The maximum absolute atomic E-state index is 14.4. The van der Waals surface area contributed by atoms with Crippen molar-refractivity contribution in [3.63, 3.8) is 0 Å². The van der Waals surface area contributed by atoms with Crippen molar-refractivity contribution in [3.8, 4) is 0 Å². The number of nitrogens with one attached hydrogen (secondary N) is 8. The van der Waals surface area contributed by atoms with Gasteiger partial charge < -0.3 is 68.9 Å². The van der Waals surface area contributed by atoms with Crippen LogP contribution in [0.2, 0.25) is 0 Å². The third-order valence-corrected chi connectivity index (χ3v) is 11.9. The summed E-state index contributed by atoms with van der Waals surface area (Å²) in [7, 11) is 1.42. The smallest absolute Gasteiger partial charge is 0.245 e. The van der Waals surface area contributed by atoms with E-state index in [0.29, 0.717) is 31.4 Å². The predicted molar refractivity (Wildman–Crippen MR) is 272 cm³/mol. The van der Waals surface area contributed by atoms with E-state index < -0.39 is 108 Å². The van der Waals surface area contributed by atoms with Crippen LogP contribution in [0.15, 0.2) is 35.3 Å². The molecule has 73 heavy (non-hydrogen) atoms. The number of carbonyl (C=O) groups excluding carboxylic acids is 10. The van der Waals surface area contributed by atoms with Crippen molar-refractivity contribution >= 4 is 65.0 Å². The van der Waals surface area contributed by atoms with Crippen LogP contribution in [0.1, 0.15) is 106 Å².